The van der Waals surface area contributed by atoms with Crippen LogP contribution in [0.1, 0.15) is 24.5 Å². The van der Waals surface area contributed by atoms with E-state index >= 15 is 0 Å². The Morgan fingerprint density at radius 1 is 1.20 bits per heavy atom. The number of rotatable bonds is 4. The van der Waals surface area contributed by atoms with Crippen molar-refractivity contribution < 1.29 is 23.0 Å². The molecule has 2 N–H and O–H groups in total. The van der Waals surface area contributed by atoms with Crippen molar-refractivity contribution in [2.45, 2.75) is 25.9 Å². The second-order valence-corrected chi connectivity index (χ2v) is 6.53. The van der Waals surface area contributed by atoms with Crippen LogP contribution in [0.3, 0.4) is 0 Å². The molecule has 25 heavy (non-hydrogen) atoms. The van der Waals surface area contributed by atoms with Gasteiger partial charge in [0, 0.05) is 17.1 Å². The number of aromatic amines is 1. The highest BCUT2D eigenvalue weighted by atomic mass is 79.9. The number of halogens is 4. The molecular formula is C18H15BrF3NO2. The SMILES string of the molecule is CCCc1c[nH]c2ccc(Oc3c(Br)cc(O)cc3C(F)(F)F)cc12. The predicted molar refractivity (Wildman–Crippen MR) is 93.2 cm³/mol. The van der Waals surface area contributed by atoms with E-state index in [-0.39, 0.29) is 10.2 Å². The second-order valence-electron chi connectivity index (χ2n) is 5.68. The zero-order valence-electron chi connectivity index (χ0n) is 13.2. The number of phenolic OH excluding ortho intramolecular Hbond substituents is 1. The normalized spacial score (nSPS) is 11.9. The van der Waals surface area contributed by atoms with Crippen LogP contribution in [0.5, 0.6) is 17.2 Å². The number of fused-ring (bicyclic) bond motifs is 1. The van der Waals surface area contributed by atoms with Gasteiger partial charge in [0.2, 0.25) is 0 Å². The van der Waals surface area contributed by atoms with E-state index in [1.165, 1.54) is 6.07 Å². The molecule has 0 radical (unpaired) electrons. The van der Waals surface area contributed by atoms with Gasteiger partial charge < -0.3 is 14.8 Å². The lowest BCUT2D eigenvalue weighted by molar-refractivity contribution is -0.138. The average molecular weight is 414 g/mol. The number of phenols is 1. The van der Waals surface area contributed by atoms with Gasteiger partial charge in [-0.05, 0) is 58.2 Å². The zero-order chi connectivity index (χ0) is 18.2. The van der Waals surface area contributed by atoms with Crippen molar-refractivity contribution in [3.63, 3.8) is 0 Å². The summed E-state index contributed by atoms with van der Waals surface area (Å²) >= 11 is 3.04. The van der Waals surface area contributed by atoms with Crippen molar-refractivity contribution in [3.8, 4) is 17.2 Å². The quantitative estimate of drug-likeness (QED) is 0.519. The first-order valence-corrected chi connectivity index (χ1v) is 8.46. The number of hydrogen-bond donors (Lipinski definition) is 2. The molecule has 0 aliphatic rings. The molecule has 0 amide bonds. The summed E-state index contributed by atoms with van der Waals surface area (Å²) in [5.41, 5.74) is 0.947. The topological polar surface area (TPSA) is 45.2 Å². The molecular weight excluding hydrogens is 399 g/mol. The van der Waals surface area contributed by atoms with Gasteiger partial charge in [0.05, 0.1) is 4.47 Å². The van der Waals surface area contributed by atoms with Crippen LogP contribution in [0.4, 0.5) is 13.2 Å². The van der Waals surface area contributed by atoms with Crippen LogP contribution < -0.4 is 4.74 Å². The molecule has 7 heteroatoms. The lowest BCUT2D eigenvalue weighted by atomic mass is 10.1. The lowest BCUT2D eigenvalue weighted by Gasteiger charge is -2.16. The van der Waals surface area contributed by atoms with Crippen LogP contribution in [-0.2, 0) is 12.6 Å². The van der Waals surface area contributed by atoms with Gasteiger partial charge in [-0.2, -0.15) is 13.2 Å². The minimum atomic E-state index is -4.65. The van der Waals surface area contributed by atoms with E-state index in [0.717, 1.165) is 29.3 Å². The Bertz CT molecular complexity index is 919. The molecule has 0 aliphatic heterocycles. The van der Waals surface area contributed by atoms with E-state index < -0.39 is 17.5 Å². The molecule has 0 saturated carbocycles. The molecule has 0 bridgehead atoms. The number of hydrogen-bond acceptors (Lipinski definition) is 2. The Labute approximate surface area is 150 Å². The first-order valence-electron chi connectivity index (χ1n) is 7.67. The Hall–Kier alpha value is -2.15. The third-order valence-electron chi connectivity index (χ3n) is 3.81. The van der Waals surface area contributed by atoms with E-state index in [2.05, 4.69) is 27.8 Å². The fourth-order valence-corrected chi connectivity index (χ4v) is 3.24. The third-order valence-corrected chi connectivity index (χ3v) is 4.40. The van der Waals surface area contributed by atoms with Crippen molar-refractivity contribution in [1.82, 2.24) is 4.98 Å². The van der Waals surface area contributed by atoms with Crippen LogP contribution in [0.15, 0.2) is 41.0 Å². The standard InChI is InChI=1S/C18H15BrF3NO2/c1-2-3-10-9-23-16-5-4-12(8-13(10)16)25-17-14(18(20,21)22)6-11(24)7-15(17)19/h4-9,23-24H,2-3H2,1H3. The summed E-state index contributed by atoms with van der Waals surface area (Å²) < 4.78 is 45.4. The van der Waals surface area contributed by atoms with Crippen LogP contribution in [0, 0.1) is 0 Å². The van der Waals surface area contributed by atoms with E-state index in [9.17, 15) is 18.3 Å². The Balaban J connectivity index is 2.05. The molecule has 1 aromatic heterocycles. The zero-order valence-corrected chi connectivity index (χ0v) is 14.8. The first kappa shape index (κ1) is 17.7. The summed E-state index contributed by atoms with van der Waals surface area (Å²) in [4.78, 5) is 3.14. The number of ether oxygens (including phenoxy) is 1. The van der Waals surface area contributed by atoms with Crippen LogP contribution in [0.25, 0.3) is 10.9 Å². The number of H-pyrrole nitrogens is 1. The molecule has 1 heterocycles. The predicted octanol–water partition coefficient (Wildman–Crippen LogP) is 6.40. The number of nitrogens with one attached hydrogen (secondary N) is 1. The molecule has 3 rings (SSSR count). The molecule has 0 unspecified atom stereocenters. The van der Waals surface area contributed by atoms with E-state index in [4.69, 9.17) is 4.74 Å². The summed E-state index contributed by atoms with van der Waals surface area (Å²) in [6.45, 7) is 2.06. The van der Waals surface area contributed by atoms with Gasteiger partial charge in [0.25, 0.3) is 0 Å². The van der Waals surface area contributed by atoms with Gasteiger partial charge in [-0.15, -0.1) is 0 Å². The molecule has 0 atom stereocenters. The first-order chi connectivity index (χ1) is 11.8. The van der Waals surface area contributed by atoms with Crippen molar-refractivity contribution in [1.29, 1.82) is 0 Å². The van der Waals surface area contributed by atoms with Gasteiger partial charge in [0.15, 0.2) is 5.75 Å². The third kappa shape index (κ3) is 3.61. The lowest BCUT2D eigenvalue weighted by Crippen LogP contribution is -2.07. The Kier molecular flexibility index (Phi) is 4.69. The van der Waals surface area contributed by atoms with Gasteiger partial charge in [-0.3, -0.25) is 0 Å². The maximum Gasteiger partial charge on any atom is 0.420 e. The van der Waals surface area contributed by atoms with Crippen LogP contribution in [0.2, 0.25) is 0 Å². The highest BCUT2D eigenvalue weighted by Gasteiger charge is 2.36. The van der Waals surface area contributed by atoms with Crippen molar-refractivity contribution >= 4 is 26.8 Å². The summed E-state index contributed by atoms with van der Waals surface area (Å²) in [6.07, 6.45) is -0.933. The number of aromatic hydroxyl groups is 1. The van der Waals surface area contributed by atoms with Gasteiger partial charge >= 0.3 is 6.18 Å². The van der Waals surface area contributed by atoms with Gasteiger partial charge in [0.1, 0.15) is 17.1 Å². The highest BCUT2D eigenvalue weighted by Crippen LogP contribution is 2.44. The maximum atomic E-state index is 13.3. The van der Waals surface area contributed by atoms with Crippen LogP contribution >= 0.6 is 15.9 Å². The van der Waals surface area contributed by atoms with Crippen molar-refractivity contribution in [3.05, 3.63) is 52.1 Å². The molecule has 2 aromatic carbocycles. The molecule has 0 spiro atoms. The van der Waals surface area contributed by atoms with Gasteiger partial charge in [-0.25, -0.2) is 0 Å². The average Bonchev–Trinajstić information content (AvgIpc) is 2.92. The molecule has 132 valence electrons. The highest BCUT2D eigenvalue weighted by molar-refractivity contribution is 9.10. The minimum absolute atomic E-state index is 0.0303. The summed E-state index contributed by atoms with van der Waals surface area (Å²) in [5.74, 6) is -0.573. The minimum Gasteiger partial charge on any atom is -0.508 e. The van der Waals surface area contributed by atoms with E-state index in [1.807, 2.05) is 6.20 Å². The molecule has 3 aromatic rings. The molecule has 0 aliphatic carbocycles. The Morgan fingerprint density at radius 3 is 2.64 bits per heavy atom. The summed E-state index contributed by atoms with van der Waals surface area (Å²) in [6, 6.07) is 6.91. The molecule has 3 nitrogen and oxygen atoms in total. The molecule has 0 saturated heterocycles. The monoisotopic (exact) mass is 413 g/mol. The fraction of sp³-hybridized carbons (Fsp3) is 0.222. The van der Waals surface area contributed by atoms with E-state index in [1.54, 1.807) is 18.2 Å². The Morgan fingerprint density at radius 2 is 1.96 bits per heavy atom. The summed E-state index contributed by atoms with van der Waals surface area (Å²) in [5, 5.41) is 10.4. The van der Waals surface area contributed by atoms with Crippen molar-refractivity contribution in [2.75, 3.05) is 0 Å². The number of benzene rings is 2. The van der Waals surface area contributed by atoms with Crippen LogP contribution in [-0.4, -0.2) is 10.1 Å². The number of aryl methyl sites for hydroxylation is 1. The van der Waals surface area contributed by atoms with E-state index in [0.29, 0.717) is 11.8 Å². The smallest absolute Gasteiger partial charge is 0.420 e. The number of alkyl halides is 3. The van der Waals surface area contributed by atoms with Gasteiger partial charge in [-0.1, -0.05) is 13.3 Å². The second kappa shape index (κ2) is 6.63. The largest absolute Gasteiger partial charge is 0.508 e. The maximum absolute atomic E-state index is 13.3. The van der Waals surface area contributed by atoms with Crippen molar-refractivity contribution in [2.24, 2.45) is 0 Å². The molecule has 0 fully saturated rings. The fourth-order valence-electron chi connectivity index (χ4n) is 2.71. The number of aromatic nitrogens is 1. The summed E-state index contributed by atoms with van der Waals surface area (Å²) in [7, 11) is 0.